The maximum atomic E-state index is 12.8. The summed E-state index contributed by atoms with van der Waals surface area (Å²) in [6, 6.07) is 4.74. The number of carbonyl (C=O) groups excluding carboxylic acids is 2. The van der Waals surface area contributed by atoms with Crippen LogP contribution in [-0.2, 0) is 16.1 Å². The number of likely N-dealkylation sites (tertiary alicyclic amines) is 1. The molecule has 0 radical (unpaired) electrons. The van der Waals surface area contributed by atoms with Crippen LogP contribution in [0.1, 0.15) is 31.2 Å². The van der Waals surface area contributed by atoms with E-state index in [9.17, 15) is 9.59 Å². The number of halogens is 1. The Labute approximate surface area is 167 Å². The zero-order chi connectivity index (χ0) is 19.5. The Morgan fingerprint density at radius 1 is 1.29 bits per heavy atom. The third kappa shape index (κ3) is 3.85. The maximum Gasteiger partial charge on any atom is 0.243 e. The second-order valence-electron chi connectivity index (χ2n) is 7.08. The van der Waals surface area contributed by atoms with Crippen molar-refractivity contribution in [3.63, 3.8) is 0 Å². The molecule has 0 unspecified atom stereocenters. The smallest absolute Gasteiger partial charge is 0.243 e. The Morgan fingerprint density at radius 2 is 2.18 bits per heavy atom. The van der Waals surface area contributed by atoms with Crippen molar-refractivity contribution in [2.75, 3.05) is 13.1 Å². The average molecular weight is 404 g/mol. The van der Waals surface area contributed by atoms with Crippen LogP contribution in [0.15, 0.2) is 24.5 Å². The molecule has 0 spiro atoms. The van der Waals surface area contributed by atoms with Gasteiger partial charge in [-0.2, -0.15) is 0 Å². The highest BCUT2D eigenvalue weighted by Crippen LogP contribution is 2.22. The zero-order valence-electron chi connectivity index (χ0n) is 15.3. The van der Waals surface area contributed by atoms with E-state index in [1.54, 1.807) is 23.1 Å². The van der Waals surface area contributed by atoms with Gasteiger partial charge in [0.15, 0.2) is 0 Å². The van der Waals surface area contributed by atoms with Crippen molar-refractivity contribution in [2.24, 2.45) is 0 Å². The molecule has 2 saturated heterocycles. The Bertz CT molecular complexity index is 852. The Kier molecular flexibility index (Phi) is 5.54. The first-order chi connectivity index (χ1) is 13.6. The van der Waals surface area contributed by atoms with E-state index in [0.717, 1.165) is 37.1 Å². The summed E-state index contributed by atoms with van der Waals surface area (Å²) in [7, 11) is 0. The van der Waals surface area contributed by atoms with Gasteiger partial charge in [-0.1, -0.05) is 11.6 Å². The maximum absolute atomic E-state index is 12.8. The van der Waals surface area contributed by atoms with Crippen molar-refractivity contribution in [3.05, 3.63) is 35.1 Å². The van der Waals surface area contributed by atoms with Crippen LogP contribution in [-0.4, -0.2) is 62.1 Å². The fraction of sp³-hybridized carbons (Fsp3) is 0.500. The number of carbonyl (C=O) groups is 2. The molecule has 4 rings (SSSR count). The molecule has 148 valence electrons. The van der Waals surface area contributed by atoms with Crippen molar-refractivity contribution >= 4 is 23.4 Å². The Balaban J connectivity index is 1.44. The Hall–Kier alpha value is -2.52. The fourth-order valence-electron chi connectivity index (χ4n) is 3.89. The molecule has 10 heteroatoms. The number of rotatable bonds is 5. The number of benzene rings is 1. The molecule has 1 aromatic heterocycles. The van der Waals surface area contributed by atoms with Gasteiger partial charge in [0, 0.05) is 18.1 Å². The van der Waals surface area contributed by atoms with Gasteiger partial charge < -0.3 is 15.5 Å². The molecule has 0 aliphatic carbocycles. The van der Waals surface area contributed by atoms with E-state index in [-0.39, 0.29) is 24.4 Å². The lowest BCUT2D eigenvalue weighted by molar-refractivity contribution is -0.139. The molecule has 2 atom stereocenters. The van der Waals surface area contributed by atoms with Crippen LogP contribution in [0, 0.1) is 0 Å². The minimum Gasteiger partial charge on any atom is -0.350 e. The molecule has 2 N–H and O–H groups in total. The van der Waals surface area contributed by atoms with E-state index < -0.39 is 6.04 Å². The first-order valence-corrected chi connectivity index (χ1v) is 9.84. The van der Waals surface area contributed by atoms with Crippen molar-refractivity contribution in [3.8, 4) is 5.69 Å². The summed E-state index contributed by atoms with van der Waals surface area (Å²) in [5, 5.41) is 17.9. The summed E-state index contributed by atoms with van der Waals surface area (Å²) >= 11 is 6.12. The number of nitrogens with one attached hydrogen (secondary N) is 2. The third-order valence-corrected chi connectivity index (χ3v) is 5.52. The van der Waals surface area contributed by atoms with Gasteiger partial charge in [0.25, 0.3) is 0 Å². The predicted molar refractivity (Wildman–Crippen MR) is 102 cm³/mol. The first-order valence-electron chi connectivity index (χ1n) is 9.47. The van der Waals surface area contributed by atoms with Gasteiger partial charge in [0.2, 0.25) is 11.8 Å². The van der Waals surface area contributed by atoms with Gasteiger partial charge in [-0.25, -0.2) is 4.68 Å². The molecule has 2 aliphatic rings. The van der Waals surface area contributed by atoms with Crippen LogP contribution in [0.4, 0.5) is 0 Å². The largest absolute Gasteiger partial charge is 0.350 e. The first kappa shape index (κ1) is 18.8. The van der Waals surface area contributed by atoms with Crippen LogP contribution >= 0.6 is 11.6 Å². The van der Waals surface area contributed by atoms with E-state index >= 15 is 0 Å². The lowest BCUT2D eigenvalue weighted by atomic mass is 10.1. The van der Waals surface area contributed by atoms with Gasteiger partial charge in [-0.15, -0.1) is 5.10 Å². The quantitative estimate of drug-likeness (QED) is 0.760. The van der Waals surface area contributed by atoms with Gasteiger partial charge in [-0.3, -0.25) is 9.59 Å². The van der Waals surface area contributed by atoms with E-state index in [4.69, 9.17) is 11.6 Å². The monoisotopic (exact) mass is 403 g/mol. The second-order valence-corrected chi connectivity index (χ2v) is 7.52. The Morgan fingerprint density at radius 3 is 2.93 bits per heavy atom. The molecule has 2 aromatic rings. The molecule has 9 nitrogen and oxygen atoms in total. The van der Waals surface area contributed by atoms with E-state index in [1.807, 2.05) is 0 Å². The summed E-state index contributed by atoms with van der Waals surface area (Å²) in [5.74, 6) is -0.112. The molecule has 2 aliphatic heterocycles. The number of tetrazole rings is 1. The van der Waals surface area contributed by atoms with Gasteiger partial charge in [0.05, 0.1) is 11.7 Å². The molecular weight excluding hydrogens is 382 g/mol. The van der Waals surface area contributed by atoms with E-state index in [1.165, 1.54) is 11.0 Å². The number of nitrogens with zero attached hydrogens (tertiary/aromatic N) is 5. The summed E-state index contributed by atoms with van der Waals surface area (Å²) in [5.41, 5.74) is 1.53. The van der Waals surface area contributed by atoms with Crippen LogP contribution < -0.4 is 10.6 Å². The molecular formula is C18H22ClN7O2. The number of amides is 2. The predicted octanol–water partition coefficient (Wildman–Crippen LogP) is 0.675. The molecule has 0 bridgehead atoms. The fourth-order valence-corrected chi connectivity index (χ4v) is 4.08. The van der Waals surface area contributed by atoms with Crippen LogP contribution in [0.2, 0.25) is 5.02 Å². The molecule has 0 saturated carbocycles. The number of hydrogen-bond acceptors (Lipinski definition) is 6. The number of aromatic nitrogens is 4. The van der Waals surface area contributed by atoms with Crippen LogP contribution in [0.25, 0.3) is 5.69 Å². The van der Waals surface area contributed by atoms with Crippen molar-refractivity contribution in [1.29, 1.82) is 0 Å². The SMILES string of the molecule is O=C(NCc1cc(Cl)ccc1-n1cnnn1)[C@@H]1CCCN1C(=O)[C@H]1CCCN1. The highest BCUT2D eigenvalue weighted by atomic mass is 35.5. The van der Waals surface area contributed by atoms with Gasteiger partial charge >= 0.3 is 0 Å². The lowest BCUT2D eigenvalue weighted by Crippen LogP contribution is -2.51. The minimum absolute atomic E-state index is 0.0345. The highest BCUT2D eigenvalue weighted by Gasteiger charge is 2.37. The summed E-state index contributed by atoms with van der Waals surface area (Å²) < 4.78 is 1.52. The van der Waals surface area contributed by atoms with E-state index in [2.05, 4.69) is 26.2 Å². The van der Waals surface area contributed by atoms with Gasteiger partial charge in [0.1, 0.15) is 12.4 Å². The molecule has 28 heavy (non-hydrogen) atoms. The average Bonchev–Trinajstić information content (AvgIpc) is 3.47. The summed E-state index contributed by atoms with van der Waals surface area (Å²) in [6.07, 6.45) is 4.83. The zero-order valence-corrected chi connectivity index (χ0v) is 16.1. The lowest BCUT2D eigenvalue weighted by Gasteiger charge is -2.26. The van der Waals surface area contributed by atoms with Crippen molar-refractivity contribution in [2.45, 2.75) is 44.3 Å². The van der Waals surface area contributed by atoms with Gasteiger partial charge in [-0.05, 0) is 66.4 Å². The normalized spacial score (nSPS) is 21.8. The van der Waals surface area contributed by atoms with E-state index in [0.29, 0.717) is 18.0 Å². The molecule has 2 amide bonds. The van der Waals surface area contributed by atoms with Crippen molar-refractivity contribution in [1.82, 2.24) is 35.7 Å². The topological polar surface area (TPSA) is 105 Å². The minimum atomic E-state index is -0.425. The molecule has 3 heterocycles. The molecule has 1 aromatic carbocycles. The van der Waals surface area contributed by atoms with Crippen molar-refractivity contribution < 1.29 is 9.59 Å². The summed E-state index contributed by atoms with van der Waals surface area (Å²) in [4.78, 5) is 27.3. The standard InChI is InChI=1S/C18H22ClN7O2/c19-13-5-6-15(26-11-22-23-24-26)12(9-13)10-21-17(27)16-4-2-8-25(16)18(28)14-3-1-7-20-14/h5-6,9,11,14,16,20H,1-4,7-8,10H2,(H,21,27)/t14-,16+/m1/s1. The molecule has 2 fully saturated rings. The van der Waals surface area contributed by atoms with Crippen LogP contribution in [0.5, 0.6) is 0 Å². The number of hydrogen-bond donors (Lipinski definition) is 2. The highest BCUT2D eigenvalue weighted by molar-refractivity contribution is 6.30. The second kappa shape index (κ2) is 8.24. The third-order valence-electron chi connectivity index (χ3n) is 5.29. The van der Waals surface area contributed by atoms with Crippen LogP contribution in [0.3, 0.4) is 0 Å². The summed E-state index contributed by atoms with van der Waals surface area (Å²) in [6.45, 7) is 1.76.